The third-order valence-electron chi connectivity index (χ3n) is 4.24. The van der Waals surface area contributed by atoms with Gasteiger partial charge in [-0.1, -0.05) is 35.3 Å². The van der Waals surface area contributed by atoms with Crippen molar-refractivity contribution in [2.24, 2.45) is 0 Å². The maximum absolute atomic E-state index is 11.0. The number of aromatic nitrogens is 1. The van der Waals surface area contributed by atoms with Gasteiger partial charge in [0.25, 0.3) is 0 Å². The summed E-state index contributed by atoms with van der Waals surface area (Å²) in [7, 11) is 0. The molecule has 0 aliphatic rings. The standard InChI is InChI=1S/C19H17Cl2NO2/c1-12-16-10-15(21)6-7-18(16)22(17(12)8-9-19(23)24)11-13-2-4-14(20)5-3-13/h2-7,10H,8-9,11H2,1H3,(H,23,24). The summed E-state index contributed by atoms with van der Waals surface area (Å²) in [5.41, 5.74) is 4.29. The summed E-state index contributed by atoms with van der Waals surface area (Å²) >= 11 is 12.1. The maximum atomic E-state index is 11.0. The minimum absolute atomic E-state index is 0.103. The van der Waals surface area contributed by atoms with E-state index in [0.717, 1.165) is 27.7 Å². The number of halogens is 2. The number of nitrogens with zero attached hydrogens (tertiary/aromatic N) is 1. The lowest BCUT2D eigenvalue weighted by atomic mass is 10.1. The van der Waals surface area contributed by atoms with Crippen molar-refractivity contribution >= 4 is 40.1 Å². The van der Waals surface area contributed by atoms with Gasteiger partial charge in [0.05, 0.1) is 6.42 Å². The van der Waals surface area contributed by atoms with E-state index in [1.165, 1.54) is 0 Å². The van der Waals surface area contributed by atoms with E-state index in [1.54, 1.807) is 0 Å². The van der Waals surface area contributed by atoms with Crippen molar-refractivity contribution in [1.29, 1.82) is 0 Å². The lowest BCUT2D eigenvalue weighted by Gasteiger charge is -2.11. The Labute approximate surface area is 150 Å². The van der Waals surface area contributed by atoms with Crippen molar-refractivity contribution < 1.29 is 9.90 Å². The summed E-state index contributed by atoms with van der Waals surface area (Å²) in [5.74, 6) is -0.796. The quantitative estimate of drug-likeness (QED) is 0.667. The molecule has 0 fully saturated rings. The molecule has 0 amide bonds. The Hall–Kier alpha value is -1.97. The van der Waals surface area contributed by atoms with Crippen LogP contribution in [0.4, 0.5) is 0 Å². The number of rotatable bonds is 5. The Morgan fingerprint density at radius 1 is 1.08 bits per heavy atom. The lowest BCUT2D eigenvalue weighted by Crippen LogP contribution is -2.07. The molecular weight excluding hydrogens is 345 g/mol. The number of hydrogen-bond acceptors (Lipinski definition) is 1. The Morgan fingerprint density at radius 3 is 2.42 bits per heavy atom. The van der Waals surface area contributed by atoms with E-state index < -0.39 is 5.97 Å². The van der Waals surface area contributed by atoms with Gasteiger partial charge in [-0.05, 0) is 54.8 Å². The van der Waals surface area contributed by atoms with Gasteiger partial charge in [0.2, 0.25) is 0 Å². The smallest absolute Gasteiger partial charge is 0.303 e. The molecule has 3 nitrogen and oxygen atoms in total. The topological polar surface area (TPSA) is 42.2 Å². The van der Waals surface area contributed by atoms with E-state index in [2.05, 4.69) is 4.57 Å². The molecule has 1 heterocycles. The molecule has 3 rings (SSSR count). The SMILES string of the molecule is Cc1c(CCC(=O)O)n(Cc2ccc(Cl)cc2)c2ccc(Cl)cc12. The Balaban J connectivity index is 2.10. The fraction of sp³-hybridized carbons (Fsp3) is 0.211. The van der Waals surface area contributed by atoms with Gasteiger partial charge >= 0.3 is 5.97 Å². The Kier molecular flexibility index (Phi) is 4.83. The zero-order valence-corrected chi connectivity index (χ0v) is 14.7. The second kappa shape index (κ2) is 6.88. The summed E-state index contributed by atoms with van der Waals surface area (Å²) in [5, 5.41) is 11.5. The molecular formula is C19H17Cl2NO2. The first-order chi connectivity index (χ1) is 11.5. The van der Waals surface area contributed by atoms with Gasteiger partial charge < -0.3 is 9.67 Å². The average Bonchev–Trinajstić information content (AvgIpc) is 2.79. The number of aliphatic carboxylic acids is 1. The van der Waals surface area contributed by atoms with E-state index in [1.807, 2.05) is 49.4 Å². The van der Waals surface area contributed by atoms with Crippen molar-refractivity contribution in [1.82, 2.24) is 4.57 Å². The predicted octanol–water partition coefficient (Wildman–Crippen LogP) is 5.32. The summed E-state index contributed by atoms with van der Waals surface area (Å²) < 4.78 is 2.17. The molecule has 0 aliphatic heterocycles. The van der Waals surface area contributed by atoms with Gasteiger partial charge in [0, 0.05) is 33.2 Å². The minimum atomic E-state index is -0.796. The fourth-order valence-electron chi connectivity index (χ4n) is 3.05. The van der Waals surface area contributed by atoms with Crippen LogP contribution in [0.25, 0.3) is 10.9 Å². The van der Waals surface area contributed by atoms with Crippen LogP contribution in [0, 0.1) is 6.92 Å². The molecule has 0 atom stereocenters. The van der Waals surface area contributed by atoms with Crippen molar-refractivity contribution in [2.75, 3.05) is 0 Å². The molecule has 0 aliphatic carbocycles. The fourth-order valence-corrected chi connectivity index (χ4v) is 3.35. The van der Waals surface area contributed by atoms with Crippen LogP contribution in [0.3, 0.4) is 0 Å². The normalized spacial score (nSPS) is 11.1. The Morgan fingerprint density at radius 2 is 1.75 bits per heavy atom. The highest BCUT2D eigenvalue weighted by atomic mass is 35.5. The highest BCUT2D eigenvalue weighted by Gasteiger charge is 2.15. The number of carbonyl (C=O) groups is 1. The number of carboxylic acids is 1. The molecule has 0 radical (unpaired) electrons. The van der Waals surface area contributed by atoms with E-state index in [9.17, 15) is 4.79 Å². The molecule has 0 saturated heterocycles. The predicted molar refractivity (Wildman–Crippen MR) is 98.2 cm³/mol. The second-order valence-electron chi connectivity index (χ2n) is 5.84. The number of fused-ring (bicyclic) bond motifs is 1. The van der Waals surface area contributed by atoms with Crippen LogP contribution < -0.4 is 0 Å². The molecule has 5 heteroatoms. The van der Waals surface area contributed by atoms with Gasteiger partial charge in [-0.15, -0.1) is 0 Å². The molecule has 0 bridgehead atoms. The lowest BCUT2D eigenvalue weighted by molar-refractivity contribution is -0.136. The minimum Gasteiger partial charge on any atom is -0.481 e. The first-order valence-electron chi connectivity index (χ1n) is 7.69. The molecule has 2 aromatic carbocycles. The van der Waals surface area contributed by atoms with Crippen LogP contribution in [0.5, 0.6) is 0 Å². The first kappa shape index (κ1) is 16.9. The highest BCUT2D eigenvalue weighted by Crippen LogP contribution is 2.30. The summed E-state index contributed by atoms with van der Waals surface area (Å²) in [6.07, 6.45) is 0.590. The molecule has 0 unspecified atom stereocenters. The van der Waals surface area contributed by atoms with Crippen molar-refractivity contribution in [3.05, 3.63) is 69.3 Å². The van der Waals surface area contributed by atoms with Gasteiger partial charge in [0.15, 0.2) is 0 Å². The van der Waals surface area contributed by atoms with Crippen LogP contribution in [-0.4, -0.2) is 15.6 Å². The number of hydrogen-bond donors (Lipinski definition) is 1. The zero-order chi connectivity index (χ0) is 17.3. The molecule has 1 N–H and O–H groups in total. The molecule has 0 saturated carbocycles. The average molecular weight is 362 g/mol. The van der Waals surface area contributed by atoms with Crippen molar-refractivity contribution in [3.8, 4) is 0 Å². The summed E-state index contributed by atoms with van der Waals surface area (Å²) in [6, 6.07) is 13.5. The van der Waals surface area contributed by atoms with Crippen molar-refractivity contribution in [3.63, 3.8) is 0 Å². The third kappa shape index (κ3) is 3.42. The maximum Gasteiger partial charge on any atom is 0.303 e. The van der Waals surface area contributed by atoms with E-state index in [4.69, 9.17) is 28.3 Å². The van der Waals surface area contributed by atoms with E-state index in [0.29, 0.717) is 23.0 Å². The zero-order valence-electron chi connectivity index (χ0n) is 13.2. The van der Waals surface area contributed by atoms with E-state index in [-0.39, 0.29) is 6.42 Å². The largest absolute Gasteiger partial charge is 0.481 e. The number of aryl methyl sites for hydroxylation is 1. The highest BCUT2D eigenvalue weighted by molar-refractivity contribution is 6.31. The summed E-state index contributed by atoms with van der Waals surface area (Å²) in [6.45, 7) is 2.69. The molecule has 0 spiro atoms. The van der Waals surface area contributed by atoms with Crippen molar-refractivity contribution in [2.45, 2.75) is 26.3 Å². The van der Waals surface area contributed by atoms with Crippen LogP contribution in [0.2, 0.25) is 10.0 Å². The van der Waals surface area contributed by atoms with Gasteiger partial charge in [-0.3, -0.25) is 4.79 Å². The van der Waals surface area contributed by atoms with Gasteiger partial charge in [-0.25, -0.2) is 0 Å². The molecule has 124 valence electrons. The molecule has 1 aromatic heterocycles. The Bertz CT molecular complexity index is 898. The monoisotopic (exact) mass is 361 g/mol. The van der Waals surface area contributed by atoms with Gasteiger partial charge in [0.1, 0.15) is 0 Å². The van der Waals surface area contributed by atoms with Crippen LogP contribution >= 0.6 is 23.2 Å². The molecule has 24 heavy (non-hydrogen) atoms. The number of benzene rings is 2. The van der Waals surface area contributed by atoms with Crippen LogP contribution in [0.1, 0.15) is 23.2 Å². The van der Waals surface area contributed by atoms with Crippen LogP contribution in [-0.2, 0) is 17.8 Å². The first-order valence-corrected chi connectivity index (χ1v) is 8.45. The molecule has 3 aromatic rings. The van der Waals surface area contributed by atoms with E-state index >= 15 is 0 Å². The van der Waals surface area contributed by atoms with Gasteiger partial charge in [-0.2, -0.15) is 0 Å². The summed E-state index contributed by atoms with van der Waals surface area (Å²) in [4.78, 5) is 11.0. The number of carboxylic acid groups (broad SMARTS) is 1. The van der Waals surface area contributed by atoms with Crippen LogP contribution in [0.15, 0.2) is 42.5 Å². The third-order valence-corrected chi connectivity index (χ3v) is 4.73. The second-order valence-corrected chi connectivity index (χ2v) is 6.71.